The fourth-order valence-electron chi connectivity index (χ4n) is 4.21. The van der Waals surface area contributed by atoms with E-state index in [1.807, 2.05) is 42.5 Å². The Kier molecular flexibility index (Phi) is 11.1. The molecule has 0 radical (unpaired) electrons. The van der Waals surface area contributed by atoms with E-state index in [9.17, 15) is 4.79 Å². The van der Waals surface area contributed by atoms with Gasteiger partial charge in [0.2, 0.25) is 5.91 Å². The van der Waals surface area contributed by atoms with E-state index in [1.54, 1.807) is 6.20 Å². The minimum absolute atomic E-state index is 0.166. The molecule has 1 spiro atoms. The Morgan fingerprint density at radius 3 is 2.41 bits per heavy atom. The number of aromatic nitrogens is 3. The van der Waals surface area contributed by atoms with E-state index in [0.29, 0.717) is 26.1 Å². The van der Waals surface area contributed by atoms with Gasteiger partial charge in [-0.3, -0.25) is 19.4 Å². The van der Waals surface area contributed by atoms with Crippen LogP contribution in [0.1, 0.15) is 30.8 Å². The molecule has 1 amide bonds. The third-order valence-corrected chi connectivity index (χ3v) is 5.97. The van der Waals surface area contributed by atoms with E-state index in [2.05, 4.69) is 19.4 Å². The summed E-state index contributed by atoms with van der Waals surface area (Å²) in [5.74, 6) is 1.29. The number of ether oxygens (including phenoxy) is 1. The van der Waals surface area contributed by atoms with Crippen molar-refractivity contribution in [1.29, 1.82) is 0 Å². The first-order chi connectivity index (χ1) is 16.5. The monoisotopic (exact) mass is 475 g/mol. The minimum Gasteiger partial charge on any atom is -0.483 e. The van der Waals surface area contributed by atoms with Crippen LogP contribution >= 0.6 is 0 Å². The molecule has 4 rings (SSSR count). The molecule has 2 fully saturated rings. The predicted molar refractivity (Wildman–Crippen MR) is 123 cm³/mol. The minimum atomic E-state index is -0.250. The van der Waals surface area contributed by atoms with Crippen LogP contribution in [0.5, 0.6) is 0 Å². The lowest BCUT2D eigenvalue weighted by molar-refractivity contribution is -0.132. The van der Waals surface area contributed by atoms with Crippen molar-refractivity contribution in [2.45, 2.75) is 37.8 Å². The van der Waals surface area contributed by atoms with Crippen LogP contribution in [-0.2, 0) is 39.1 Å². The topological polar surface area (TPSA) is 138 Å². The Morgan fingerprint density at radius 2 is 1.82 bits per heavy atom. The van der Waals surface area contributed by atoms with E-state index in [0.717, 1.165) is 50.4 Å². The van der Waals surface area contributed by atoms with Gasteiger partial charge in [-0.2, -0.15) is 0 Å². The highest BCUT2D eigenvalue weighted by molar-refractivity contribution is 5.76. The van der Waals surface area contributed by atoms with Gasteiger partial charge in [0.15, 0.2) is 0 Å². The first-order valence-electron chi connectivity index (χ1n) is 11.1. The Morgan fingerprint density at radius 1 is 1.12 bits per heavy atom. The first kappa shape index (κ1) is 26.9. The van der Waals surface area contributed by atoms with Crippen LogP contribution in [-0.4, -0.2) is 91.8 Å². The molecule has 2 aromatic rings. The Balaban J connectivity index is 0.000000618. The molecule has 2 N–H and O–H groups in total. The van der Waals surface area contributed by atoms with Crippen LogP contribution in [0.2, 0.25) is 0 Å². The smallest absolute Gasteiger partial charge is 0.290 e. The number of hydrogen-bond acceptors (Lipinski definition) is 7. The molecule has 0 bridgehead atoms. The molecular weight excluding hydrogens is 442 g/mol. The average Bonchev–Trinajstić information content (AvgIpc) is 3.18. The number of carbonyl (C=O) groups is 3. The van der Waals surface area contributed by atoms with Crippen LogP contribution in [0.25, 0.3) is 0 Å². The number of amides is 1. The molecule has 0 saturated carbocycles. The molecule has 2 saturated heterocycles. The number of likely N-dealkylation sites (tertiary alicyclic amines) is 1. The van der Waals surface area contributed by atoms with E-state index < -0.39 is 0 Å². The second-order valence-corrected chi connectivity index (χ2v) is 8.11. The molecular formula is C23H33N5O6. The summed E-state index contributed by atoms with van der Waals surface area (Å²) in [6.07, 6.45) is 8.96. The number of nitrogens with zero attached hydrogens (tertiary/aromatic N) is 5. The van der Waals surface area contributed by atoms with Crippen molar-refractivity contribution < 1.29 is 29.3 Å². The summed E-state index contributed by atoms with van der Waals surface area (Å²) >= 11 is 0. The number of piperidine rings is 1. The molecule has 186 valence electrons. The van der Waals surface area contributed by atoms with E-state index in [4.69, 9.17) is 24.5 Å². The molecule has 0 aromatic carbocycles. The molecule has 0 unspecified atom stereocenters. The SMILES string of the molecule is Cn1ccnc1CCN1CCC2(CC1)CN(Cc1ccccn1)C(=O)CCO2.O=CO.O=CO. The van der Waals surface area contributed by atoms with Crippen molar-refractivity contribution in [3.05, 3.63) is 48.3 Å². The van der Waals surface area contributed by atoms with Gasteiger partial charge in [-0.1, -0.05) is 6.07 Å². The van der Waals surface area contributed by atoms with Crippen LogP contribution in [0.4, 0.5) is 0 Å². The molecule has 11 heteroatoms. The van der Waals surface area contributed by atoms with Crippen LogP contribution < -0.4 is 0 Å². The summed E-state index contributed by atoms with van der Waals surface area (Å²) in [6.45, 7) is 4.25. The van der Waals surface area contributed by atoms with Gasteiger partial charge in [0.05, 0.1) is 37.4 Å². The van der Waals surface area contributed by atoms with Crippen LogP contribution in [0.15, 0.2) is 36.8 Å². The standard InChI is InChI=1S/C21H29N5O2.2CH2O2/c1-24-14-10-23-19(24)5-11-25-12-7-21(8-13-25)17-26(20(27)6-15-28-21)16-18-4-2-3-9-22-18;2*2-1-3/h2-4,9-10,14H,5-8,11-13,15-17H2,1H3;2*1H,(H,2,3). The van der Waals surface area contributed by atoms with Crippen LogP contribution in [0, 0.1) is 0 Å². The number of imidazole rings is 1. The van der Waals surface area contributed by atoms with Gasteiger partial charge < -0.3 is 29.3 Å². The summed E-state index contributed by atoms with van der Waals surface area (Å²) in [6, 6.07) is 5.85. The molecule has 0 aliphatic carbocycles. The van der Waals surface area contributed by atoms with E-state index in [-0.39, 0.29) is 24.5 Å². The highest BCUT2D eigenvalue weighted by Gasteiger charge is 2.40. The van der Waals surface area contributed by atoms with E-state index in [1.165, 1.54) is 0 Å². The maximum Gasteiger partial charge on any atom is 0.290 e. The Hall–Kier alpha value is -3.31. The zero-order valence-electron chi connectivity index (χ0n) is 19.5. The number of aryl methyl sites for hydroxylation is 1. The largest absolute Gasteiger partial charge is 0.483 e. The highest BCUT2D eigenvalue weighted by atomic mass is 16.5. The van der Waals surface area contributed by atoms with Crippen molar-refractivity contribution in [2.75, 3.05) is 32.8 Å². The molecule has 34 heavy (non-hydrogen) atoms. The molecule has 11 nitrogen and oxygen atoms in total. The highest BCUT2D eigenvalue weighted by Crippen LogP contribution is 2.30. The fraction of sp³-hybridized carbons (Fsp3) is 0.522. The molecule has 0 atom stereocenters. The summed E-state index contributed by atoms with van der Waals surface area (Å²) in [5.41, 5.74) is 0.709. The normalized spacial score (nSPS) is 17.6. The van der Waals surface area contributed by atoms with Crippen molar-refractivity contribution in [3.63, 3.8) is 0 Å². The lowest BCUT2D eigenvalue weighted by Crippen LogP contribution is -2.52. The number of pyridine rings is 1. The predicted octanol–water partition coefficient (Wildman–Crippen LogP) is 1.04. The summed E-state index contributed by atoms with van der Waals surface area (Å²) in [5, 5.41) is 13.8. The summed E-state index contributed by atoms with van der Waals surface area (Å²) < 4.78 is 8.35. The molecule has 2 aromatic heterocycles. The van der Waals surface area contributed by atoms with Crippen molar-refractivity contribution >= 4 is 18.9 Å². The van der Waals surface area contributed by atoms with Gasteiger partial charge in [-0.25, -0.2) is 4.98 Å². The van der Waals surface area contributed by atoms with Crippen LogP contribution in [0.3, 0.4) is 0 Å². The van der Waals surface area contributed by atoms with Gasteiger partial charge in [0.1, 0.15) is 5.82 Å². The number of carboxylic acid groups (broad SMARTS) is 2. The second kappa shape index (κ2) is 14.1. The third-order valence-electron chi connectivity index (χ3n) is 5.97. The second-order valence-electron chi connectivity index (χ2n) is 8.11. The maximum atomic E-state index is 12.6. The number of rotatable bonds is 5. The maximum absolute atomic E-state index is 12.6. The first-order valence-corrected chi connectivity index (χ1v) is 11.1. The third kappa shape index (κ3) is 8.23. The summed E-state index contributed by atoms with van der Waals surface area (Å²) in [7, 11) is 2.04. The Labute approximate surface area is 199 Å². The molecule has 2 aliphatic heterocycles. The van der Waals surface area contributed by atoms with Crippen molar-refractivity contribution in [1.82, 2.24) is 24.3 Å². The quantitative estimate of drug-likeness (QED) is 0.608. The van der Waals surface area contributed by atoms with Gasteiger partial charge in [-0.15, -0.1) is 0 Å². The van der Waals surface area contributed by atoms with Gasteiger partial charge in [0, 0.05) is 51.7 Å². The van der Waals surface area contributed by atoms with Gasteiger partial charge in [0.25, 0.3) is 12.9 Å². The van der Waals surface area contributed by atoms with Crippen molar-refractivity contribution in [3.8, 4) is 0 Å². The lowest BCUT2D eigenvalue weighted by Gasteiger charge is -2.42. The Bertz CT molecular complexity index is 877. The average molecular weight is 476 g/mol. The van der Waals surface area contributed by atoms with E-state index >= 15 is 0 Å². The fourth-order valence-corrected chi connectivity index (χ4v) is 4.21. The zero-order valence-corrected chi connectivity index (χ0v) is 19.5. The van der Waals surface area contributed by atoms with Crippen molar-refractivity contribution in [2.24, 2.45) is 7.05 Å². The molecule has 2 aliphatic rings. The zero-order chi connectivity index (χ0) is 24.8. The number of hydrogen-bond donors (Lipinski definition) is 2. The number of carbonyl (C=O) groups excluding carboxylic acids is 1. The van der Waals surface area contributed by atoms with Gasteiger partial charge in [-0.05, 0) is 25.0 Å². The lowest BCUT2D eigenvalue weighted by atomic mass is 9.90. The summed E-state index contributed by atoms with van der Waals surface area (Å²) in [4.78, 5) is 42.5. The van der Waals surface area contributed by atoms with Gasteiger partial charge >= 0.3 is 0 Å². The molecule has 4 heterocycles.